The molecule has 4 rings (SSSR count). The standard InChI is InChI=1S/C19H15N3O2S/c1-25(23,24)16-9-7-15(8-10-16)19-18(14-5-3-2-4-6-14)21-17-13-20-11-12-22(17)19/h2-13H,1H3. The van der Waals surface area contributed by atoms with Gasteiger partial charge in [0.05, 0.1) is 22.5 Å². The average molecular weight is 349 g/mol. The Morgan fingerprint density at radius 1 is 0.920 bits per heavy atom. The van der Waals surface area contributed by atoms with Crippen LogP contribution in [0.2, 0.25) is 0 Å². The molecule has 2 aromatic heterocycles. The zero-order valence-corrected chi connectivity index (χ0v) is 14.3. The van der Waals surface area contributed by atoms with Crippen LogP contribution in [0.3, 0.4) is 0 Å². The van der Waals surface area contributed by atoms with Crippen molar-refractivity contribution in [3.8, 4) is 22.5 Å². The highest BCUT2D eigenvalue weighted by Gasteiger charge is 2.16. The van der Waals surface area contributed by atoms with Gasteiger partial charge in [-0.1, -0.05) is 42.5 Å². The topological polar surface area (TPSA) is 64.3 Å². The average Bonchev–Trinajstić information content (AvgIpc) is 3.01. The number of imidazole rings is 1. The molecule has 5 nitrogen and oxygen atoms in total. The van der Waals surface area contributed by atoms with Gasteiger partial charge in [-0.25, -0.2) is 13.4 Å². The van der Waals surface area contributed by atoms with E-state index in [0.717, 1.165) is 28.2 Å². The summed E-state index contributed by atoms with van der Waals surface area (Å²) in [6.07, 6.45) is 6.48. The summed E-state index contributed by atoms with van der Waals surface area (Å²) in [5.41, 5.74) is 4.37. The number of hydrogen-bond donors (Lipinski definition) is 0. The Bertz CT molecular complexity index is 1150. The summed E-state index contributed by atoms with van der Waals surface area (Å²) in [5.74, 6) is 0. The highest BCUT2D eigenvalue weighted by Crippen LogP contribution is 2.32. The molecule has 0 fully saturated rings. The minimum atomic E-state index is -3.23. The van der Waals surface area contributed by atoms with Crippen molar-refractivity contribution in [2.45, 2.75) is 4.90 Å². The fraction of sp³-hybridized carbons (Fsp3) is 0.0526. The molecule has 4 aromatic rings. The van der Waals surface area contributed by atoms with Gasteiger partial charge < -0.3 is 0 Å². The normalized spacial score (nSPS) is 11.7. The van der Waals surface area contributed by atoms with Crippen LogP contribution in [0, 0.1) is 0 Å². The maximum atomic E-state index is 11.7. The second kappa shape index (κ2) is 5.82. The zero-order chi connectivity index (χ0) is 17.4. The van der Waals surface area contributed by atoms with E-state index in [1.165, 1.54) is 6.26 Å². The maximum absolute atomic E-state index is 11.7. The molecule has 0 aliphatic heterocycles. The lowest BCUT2D eigenvalue weighted by Gasteiger charge is -2.07. The molecule has 0 unspecified atom stereocenters. The molecule has 0 saturated heterocycles. The van der Waals surface area contributed by atoms with Crippen molar-refractivity contribution in [1.82, 2.24) is 14.4 Å². The lowest BCUT2D eigenvalue weighted by molar-refractivity contribution is 0.602. The van der Waals surface area contributed by atoms with Crippen LogP contribution in [0.4, 0.5) is 0 Å². The summed E-state index contributed by atoms with van der Waals surface area (Å²) in [6, 6.07) is 16.8. The van der Waals surface area contributed by atoms with Crippen molar-refractivity contribution in [2.24, 2.45) is 0 Å². The molecule has 0 saturated carbocycles. The molecule has 0 radical (unpaired) electrons. The number of aromatic nitrogens is 3. The van der Waals surface area contributed by atoms with E-state index >= 15 is 0 Å². The summed E-state index contributed by atoms with van der Waals surface area (Å²) >= 11 is 0. The zero-order valence-electron chi connectivity index (χ0n) is 13.5. The molecule has 0 bridgehead atoms. The third-order valence-electron chi connectivity index (χ3n) is 4.03. The molecule has 0 aliphatic rings. The third-order valence-corrected chi connectivity index (χ3v) is 5.16. The van der Waals surface area contributed by atoms with Crippen LogP contribution in [0.1, 0.15) is 0 Å². The van der Waals surface area contributed by atoms with Crippen LogP contribution in [0.5, 0.6) is 0 Å². The minimum absolute atomic E-state index is 0.299. The molecule has 25 heavy (non-hydrogen) atoms. The van der Waals surface area contributed by atoms with Gasteiger partial charge in [0.1, 0.15) is 0 Å². The molecule has 0 N–H and O–H groups in total. The second-order valence-corrected chi connectivity index (χ2v) is 7.79. The molecular formula is C19H15N3O2S. The van der Waals surface area contributed by atoms with Crippen molar-refractivity contribution < 1.29 is 8.42 Å². The molecule has 6 heteroatoms. The molecule has 124 valence electrons. The lowest BCUT2D eigenvalue weighted by Crippen LogP contribution is -1.97. The Labute approximate surface area is 145 Å². The first kappa shape index (κ1) is 15.5. The van der Waals surface area contributed by atoms with Gasteiger partial charge in [-0.2, -0.15) is 0 Å². The second-order valence-electron chi connectivity index (χ2n) is 5.78. The van der Waals surface area contributed by atoms with Gasteiger partial charge in [-0.15, -0.1) is 0 Å². The molecule has 2 aromatic carbocycles. The number of hydrogen-bond acceptors (Lipinski definition) is 4. The Morgan fingerprint density at radius 2 is 1.64 bits per heavy atom. The van der Waals surface area contributed by atoms with Crippen molar-refractivity contribution >= 4 is 15.5 Å². The van der Waals surface area contributed by atoms with Gasteiger partial charge in [0.2, 0.25) is 0 Å². The molecule has 0 atom stereocenters. The number of sulfone groups is 1. The van der Waals surface area contributed by atoms with Gasteiger partial charge >= 0.3 is 0 Å². The van der Waals surface area contributed by atoms with Crippen LogP contribution >= 0.6 is 0 Å². The predicted molar refractivity (Wildman–Crippen MR) is 97.0 cm³/mol. The van der Waals surface area contributed by atoms with Crippen LogP contribution in [0.15, 0.2) is 78.1 Å². The predicted octanol–water partition coefficient (Wildman–Crippen LogP) is 3.47. The first-order valence-corrected chi connectivity index (χ1v) is 9.61. The Balaban J connectivity index is 1.97. The monoisotopic (exact) mass is 349 g/mol. The van der Waals surface area contributed by atoms with Gasteiger partial charge in [-0.05, 0) is 12.1 Å². The quantitative estimate of drug-likeness (QED) is 0.568. The third kappa shape index (κ3) is 2.81. The summed E-state index contributed by atoms with van der Waals surface area (Å²) in [4.78, 5) is 9.15. The number of rotatable bonds is 3. The molecule has 0 aliphatic carbocycles. The first-order chi connectivity index (χ1) is 12.0. The number of fused-ring (bicyclic) bond motifs is 1. The highest BCUT2D eigenvalue weighted by molar-refractivity contribution is 7.90. The van der Waals surface area contributed by atoms with Gasteiger partial charge in [0, 0.05) is 29.8 Å². The Hall–Kier alpha value is -2.99. The minimum Gasteiger partial charge on any atom is -0.296 e. The van der Waals surface area contributed by atoms with E-state index in [1.54, 1.807) is 24.5 Å². The van der Waals surface area contributed by atoms with Gasteiger partial charge in [0.25, 0.3) is 0 Å². The van der Waals surface area contributed by atoms with E-state index in [9.17, 15) is 8.42 Å². The van der Waals surface area contributed by atoms with E-state index in [2.05, 4.69) is 4.98 Å². The van der Waals surface area contributed by atoms with Crippen molar-refractivity contribution in [1.29, 1.82) is 0 Å². The maximum Gasteiger partial charge on any atom is 0.175 e. The fourth-order valence-electron chi connectivity index (χ4n) is 2.84. The smallest absolute Gasteiger partial charge is 0.175 e. The molecular weight excluding hydrogens is 334 g/mol. The van der Waals surface area contributed by atoms with Gasteiger partial charge in [0.15, 0.2) is 15.5 Å². The van der Waals surface area contributed by atoms with E-state index in [1.807, 2.05) is 53.1 Å². The highest BCUT2D eigenvalue weighted by atomic mass is 32.2. The Morgan fingerprint density at radius 3 is 2.32 bits per heavy atom. The van der Waals surface area contributed by atoms with Gasteiger partial charge in [-0.3, -0.25) is 9.38 Å². The summed E-state index contributed by atoms with van der Waals surface area (Å²) in [5, 5.41) is 0. The van der Waals surface area contributed by atoms with Crippen molar-refractivity contribution in [2.75, 3.05) is 6.26 Å². The van der Waals surface area contributed by atoms with Crippen LogP contribution in [-0.2, 0) is 9.84 Å². The Kier molecular flexibility index (Phi) is 3.62. The summed E-state index contributed by atoms with van der Waals surface area (Å²) < 4.78 is 25.4. The SMILES string of the molecule is CS(=O)(=O)c1ccc(-c2c(-c3ccccc3)nc3cnccn23)cc1. The van der Waals surface area contributed by atoms with Crippen LogP contribution < -0.4 is 0 Å². The van der Waals surface area contributed by atoms with E-state index in [-0.39, 0.29) is 0 Å². The lowest BCUT2D eigenvalue weighted by atomic mass is 10.1. The fourth-order valence-corrected chi connectivity index (χ4v) is 3.47. The van der Waals surface area contributed by atoms with Crippen LogP contribution in [0.25, 0.3) is 28.2 Å². The first-order valence-electron chi connectivity index (χ1n) is 7.72. The van der Waals surface area contributed by atoms with E-state index in [4.69, 9.17) is 4.98 Å². The largest absolute Gasteiger partial charge is 0.296 e. The van der Waals surface area contributed by atoms with E-state index < -0.39 is 9.84 Å². The van der Waals surface area contributed by atoms with Crippen molar-refractivity contribution in [3.63, 3.8) is 0 Å². The number of benzene rings is 2. The molecule has 2 heterocycles. The summed E-state index contributed by atoms with van der Waals surface area (Å²) in [6.45, 7) is 0. The summed E-state index contributed by atoms with van der Waals surface area (Å²) in [7, 11) is -3.23. The molecule has 0 amide bonds. The van der Waals surface area contributed by atoms with Crippen LogP contribution in [-0.4, -0.2) is 29.0 Å². The number of nitrogens with zero attached hydrogens (tertiary/aromatic N) is 3. The molecule has 0 spiro atoms. The van der Waals surface area contributed by atoms with Crippen molar-refractivity contribution in [3.05, 3.63) is 73.2 Å². The van der Waals surface area contributed by atoms with E-state index in [0.29, 0.717) is 4.90 Å².